The molecule has 0 spiro atoms. The predicted molar refractivity (Wildman–Crippen MR) is 74.5 cm³/mol. The number of aromatic amines is 1. The first-order chi connectivity index (χ1) is 8.24. The number of H-pyrrole nitrogens is 1. The van der Waals surface area contributed by atoms with Gasteiger partial charge in [-0.05, 0) is 18.9 Å². The molecule has 0 saturated carbocycles. The second-order valence-corrected chi connectivity index (χ2v) is 4.45. The van der Waals surface area contributed by atoms with Crippen molar-refractivity contribution < 1.29 is 9.90 Å². The van der Waals surface area contributed by atoms with Crippen LogP contribution in [-0.4, -0.2) is 21.3 Å². The molecule has 0 saturated heterocycles. The predicted octanol–water partition coefficient (Wildman–Crippen LogP) is 3.82. The first kappa shape index (κ1) is 17.0. The van der Waals surface area contributed by atoms with Crippen LogP contribution in [0.2, 0.25) is 0 Å². The van der Waals surface area contributed by atoms with Crippen LogP contribution in [0.25, 0.3) is 0 Å². The average molecular weight is 275 g/mol. The van der Waals surface area contributed by atoms with Crippen LogP contribution in [0, 0.1) is 0 Å². The van der Waals surface area contributed by atoms with Gasteiger partial charge in [0.1, 0.15) is 0 Å². The van der Waals surface area contributed by atoms with E-state index < -0.39 is 5.97 Å². The van der Waals surface area contributed by atoms with Gasteiger partial charge in [-0.3, -0.25) is 5.10 Å². The summed E-state index contributed by atoms with van der Waals surface area (Å²) in [6.07, 6.45) is 9.77. The van der Waals surface area contributed by atoms with E-state index in [1.807, 2.05) is 0 Å². The minimum Gasteiger partial charge on any atom is -0.476 e. The molecular weight excluding hydrogens is 252 g/mol. The van der Waals surface area contributed by atoms with Gasteiger partial charge in [0.2, 0.25) is 0 Å². The van der Waals surface area contributed by atoms with E-state index in [9.17, 15) is 4.79 Å². The Kier molecular flexibility index (Phi) is 9.38. The summed E-state index contributed by atoms with van der Waals surface area (Å²) in [5.41, 5.74) is 1.04. The van der Waals surface area contributed by atoms with Crippen molar-refractivity contribution in [3.8, 4) is 0 Å². The number of rotatable bonds is 9. The lowest BCUT2D eigenvalue weighted by Crippen LogP contribution is -1.95. The highest BCUT2D eigenvalue weighted by atomic mass is 35.5. The van der Waals surface area contributed by atoms with Crippen LogP contribution < -0.4 is 0 Å². The molecule has 0 aliphatic rings. The number of hydrogen-bond acceptors (Lipinski definition) is 2. The minimum absolute atomic E-state index is 0. The van der Waals surface area contributed by atoms with E-state index >= 15 is 0 Å². The molecule has 5 heteroatoms. The third-order valence-electron chi connectivity index (χ3n) is 2.90. The summed E-state index contributed by atoms with van der Waals surface area (Å²) in [7, 11) is 0. The van der Waals surface area contributed by atoms with Crippen molar-refractivity contribution in [1.29, 1.82) is 0 Å². The maximum absolute atomic E-state index is 10.6. The molecule has 18 heavy (non-hydrogen) atoms. The van der Waals surface area contributed by atoms with Gasteiger partial charge in [-0.2, -0.15) is 5.10 Å². The van der Waals surface area contributed by atoms with Gasteiger partial charge in [-0.1, -0.05) is 45.4 Å². The molecule has 0 aliphatic heterocycles. The number of aromatic carboxylic acids is 1. The second-order valence-electron chi connectivity index (χ2n) is 4.45. The number of aryl methyl sites for hydroxylation is 1. The van der Waals surface area contributed by atoms with Gasteiger partial charge >= 0.3 is 5.97 Å². The molecule has 1 heterocycles. The van der Waals surface area contributed by atoms with Crippen LogP contribution >= 0.6 is 12.4 Å². The van der Waals surface area contributed by atoms with Crippen molar-refractivity contribution in [2.24, 2.45) is 0 Å². The molecule has 0 fully saturated rings. The van der Waals surface area contributed by atoms with E-state index in [1.54, 1.807) is 6.07 Å². The maximum atomic E-state index is 10.6. The molecule has 0 radical (unpaired) electrons. The van der Waals surface area contributed by atoms with Gasteiger partial charge < -0.3 is 5.11 Å². The highest BCUT2D eigenvalue weighted by Crippen LogP contribution is 2.10. The number of carboxylic acids is 1. The number of aromatic nitrogens is 2. The highest BCUT2D eigenvalue weighted by Gasteiger charge is 2.07. The molecule has 1 rings (SSSR count). The monoisotopic (exact) mass is 274 g/mol. The molecule has 1 aromatic rings. The third kappa shape index (κ3) is 6.64. The largest absolute Gasteiger partial charge is 0.476 e. The summed E-state index contributed by atoms with van der Waals surface area (Å²) >= 11 is 0. The van der Waals surface area contributed by atoms with Gasteiger partial charge in [-0.25, -0.2) is 4.79 Å². The minimum atomic E-state index is -0.966. The summed E-state index contributed by atoms with van der Waals surface area (Å²) in [6, 6.07) is 1.62. The fourth-order valence-electron chi connectivity index (χ4n) is 1.87. The molecule has 104 valence electrons. The highest BCUT2D eigenvalue weighted by molar-refractivity contribution is 5.85. The Balaban J connectivity index is 0.00000289. The van der Waals surface area contributed by atoms with E-state index in [2.05, 4.69) is 17.1 Å². The number of carbonyl (C=O) groups is 1. The Bertz CT molecular complexity index is 339. The summed E-state index contributed by atoms with van der Waals surface area (Å²) in [4.78, 5) is 10.6. The maximum Gasteiger partial charge on any atom is 0.356 e. The number of halogens is 1. The van der Waals surface area contributed by atoms with Crippen LogP contribution in [0.15, 0.2) is 6.07 Å². The number of nitrogens with one attached hydrogen (secondary N) is 1. The SMILES string of the molecule is CCCCCCCCCc1cc(C(=O)O)n[nH]1.Cl. The number of hydrogen-bond donors (Lipinski definition) is 2. The van der Waals surface area contributed by atoms with Gasteiger partial charge in [0.25, 0.3) is 0 Å². The van der Waals surface area contributed by atoms with Crippen molar-refractivity contribution in [3.05, 3.63) is 17.5 Å². The molecule has 2 N–H and O–H groups in total. The molecule has 4 nitrogen and oxygen atoms in total. The summed E-state index contributed by atoms with van der Waals surface area (Å²) < 4.78 is 0. The quantitative estimate of drug-likeness (QED) is 0.673. The molecular formula is C13H23ClN2O2. The zero-order chi connectivity index (χ0) is 12.5. The average Bonchev–Trinajstić information content (AvgIpc) is 2.77. The molecule has 0 aliphatic carbocycles. The molecule has 0 bridgehead atoms. The van der Waals surface area contributed by atoms with Gasteiger partial charge in [0, 0.05) is 5.69 Å². The van der Waals surface area contributed by atoms with Crippen molar-refractivity contribution in [3.63, 3.8) is 0 Å². The summed E-state index contributed by atoms with van der Waals surface area (Å²) in [6.45, 7) is 2.22. The number of nitrogens with zero attached hydrogens (tertiary/aromatic N) is 1. The molecule has 0 atom stereocenters. The van der Waals surface area contributed by atoms with Gasteiger partial charge in [0.05, 0.1) is 0 Å². The lowest BCUT2D eigenvalue weighted by molar-refractivity contribution is 0.0690. The Morgan fingerprint density at radius 3 is 2.39 bits per heavy atom. The van der Waals surface area contributed by atoms with Gasteiger partial charge in [-0.15, -0.1) is 12.4 Å². The molecule has 0 amide bonds. The Hall–Kier alpha value is -1.03. The Labute approximate surface area is 115 Å². The second kappa shape index (κ2) is 9.95. The van der Waals surface area contributed by atoms with Crippen LogP contribution in [-0.2, 0) is 6.42 Å². The van der Waals surface area contributed by atoms with Crippen LogP contribution in [0.5, 0.6) is 0 Å². The summed E-state index contributed by atoms with van der Waals surface area (Å²) in [5, 5.41) is 15.2. The van der Waals surface area contributed by atoms with E-state index in [4.69, 9.17) is 5.11 Å². The molecule has 1 aromatic heterocycles. The van der Waals surface area contributed by atoms with Crippen LogP contribution in [0.3, 0.4) is 0 Å². The lowest BCUT2D eigenvalue weighted by Gasteiger charge is -1.99. The van der Waals surface area contributed by atoms with E-state index in [0.717, 1.165) is 18.5 Å². The fourth-order valence-corrected chi connectivity index (χ4v) is 1.87. The Morgan fingerprint density at radius 2 is 1.83 bits per heavy atom. The third-order valence-corrected chi connectivity index (χ3v) is 2.90. The Morgan fingerprint density at radius 1 is 1.22 bits per heavy atom. The fraction of sp³-hybridized carbons (Fsp3) is 0.692. The standard InChI is InChI=1S/C13H22N2O2.ClH/c1-2-3-4-5-6-7-8-9-11-10-12(13(16)17)15-14-11;/h10H,2-9H2,1H3,(H,14,15)(H,16,17);1H. The van der Waals surface area contributed by atoms with Crippen molar-refractivity contribution in [2.45, 2.75) is 58.3 Å². The normalized spacial score (nSPS) is 10.1. The van der Waals surface area contributed by atoms with Crippen molar-refractivity contribution in [1.82, 2.24) is 10.2 Å². The zero-order valence-corrected chi connectivity index (χ0v) is 11.8. The molecule has 0 aromatic carbocycles. The van der Waals surface area contributed by atoms with Gasteiger partial charge in [0.15, 0.2) is 5.69 Å². The first-order valence-corrected chi connectivity index (χ1v) is 6.51. The van der Waals surface area contributed by atoms with Crippen LogP contribution in [0.4, 0.5) is 0 Å². The first-order valence-electron chi connectivity index (χ1n) is 6.51. The number of unbranched alkanes of at least 4 members (excludes halogenated alkanes) is 6. The zero-order valence-electron chi connectivity index (χ0n) is 10.9. The number of carboxylic acid groups (broad SMARTS) is 1. The topological polar surface area (TPSA) is 66.0 Å². The molecule has 0 unspecified atom stereocenters. The lowest BCUT2D eigenvalue weighted by atomic mass is 10.1. The smallest absolute Gasteiger partial charge is 0.356 e. The van der Waals surface area contributed by atoms with Crippen molar-refractivity contribution >= 4 is 18.4 Å². The summed E-state index contributed by atoms with van der Waals surface area (Å²) in [5.74, 6) is -0.966. The van der Waals surface area contributed by atoms with Crippen molar-refractivity contribution in [2.75, 3.05) is 0 Å². The van der Waals surface area contributed by atoms with Crippen LogP contribution in [0.1, 0.15) is 68.1 Å². The van der Waals surface area contributed by atoms with E-state index in [-0.39, 0.29) is 18.1 Å². The van der Waals surface area contributed by atoms with E-state index in [0.29, 0.717) is 0 Å². The van der Waals surface area contributed by atoms with E-state index in [1.165, 1.54) is 38.5 Å².